The van der Waals surface area contributed by atoms with Crippen molar-refractivity contribution in [2.24, 2.45) is 17.8 Å². The van der Waals surface area contributed by atoms with E-state index in [4.69, 9.17) is 0 Å². The summed E-state index contributed by atoms with van der Waals surface area (Å²) in [6.07, 6.45) is 9.85. The summed E-state index contributed by atoms with van der Waals surface area (Å²) in [5.41, 5.74) is 2.00. The normalized spacial score (nSPS) is 28.8. The molecule has 0 aliphatic heterocycles. The molecule has 3 amide bonds. The number of carbonyl (C=O) groups is 2. The number of hydrogen-bond acceptors (Lipinski definition) is 4. The second-order valence-electron chi connectivity index (χ2n) is 10.2. The predicted octanol–water partition coefficient (Wildman–Crippen LogP) is 3.63. The van der Waals surface area contributed by atoms with Crippen molar-refractivity contribution in [2.75, 3.05) is 13.6 Å². The number of nitrogens with zero attached hydrogens (tertiary/aromatic N) is 3. The Balaban J connectivity index is 1.10. The molecule has 0 unspecified atom stereocenters. The van der Waals surface area contributed by atoms with E-state index >= 15 is 0 Å². The second-order valence-corrected chi connectivity index (χ2v) is 11.4. The summed E-state index contributed by atoms with van der Waals surface area (Å²) >= 11 is 1.66. The van der Waals surface area contributed by atoms with Gasteiger partial charge >= 0.3 is 6.03 Å². The molecule has 31 heavy (non-hydrogen) atoms. The van der Waals surface area contributed by atoms with Gasteiger partial charge in [0.25, 0.3) is 0 Å². The lowest BCUT2D eigenvalue weighted by atomic mass is 9.53. The summed E-state index contributed by atoms with van der Waals surface area (Å²) in [5, 5.41) is 6.24. The molecule has 7 nitrogen and oxygen atoms in total. The van der Waals surface area contributed by atoms with Crippen molar-refractivity contribution in [1.29, 1.82) is 0 Å². The van der Waals surface area contributed by atoms with Gasteiger partial charge in [0.2, 0.25) is 5.91 Å². The molecular formula is C23H33N5O2S. The first-order valence-corrected chi connectivity index (χ1v) is 12.4. The maximum absolute atomic E-state index is 12.6. The molecule has 4 aliphatic rings. The summed E-state index contributed by atoms with van der Waals surface area (Å²) in [4.78, 5) is 33.7. The van der Waals surface area contributed by atoms with Crippen LogP contribution in [0.4, 0.5) is 4.79 Å². The highest BCUT2D eigenvalue weighted by Gasteiger charge is 2.51. The quantitative estimate of drug-likeness (QED) is 0.716. The SMILES string of the molecule is Cc1cn2c(CN(C)C(=O)CCNC(=O)NC34CC5CC(CC(C5)C3)C4)c(C)nc2s1. The third kappa shape index (κ3) is 4.06. The van der Waals surface area contributed by atoms with Gasteiger partial charge in [-0.3, -0.25) is 9.20 Å². The molecule has 4 saturated carbocycles. The zero-order valence-corrected chi connectivity index (χ0v) is 19.6. The smallest absolute Gasteiger partial charge is 0.315 e. The fourth-order valence-electron chi connectivity index (χ4n) is 6.63. The highest BCUT2D eigenvalue weighted by Crippen LogP contribution is 2.55. The Hall–Kier alpha value is -2.09. The van der Waals surface area contributed by atoms with E-state index in [1.165, 1.54) is 24.1 Å². The van der Waals surface area contributed by atoms with Crippen LogP contribution in [0.15, 0.2) is 6.20 Å². The molecule has 6 rings (SSSR count). The van der Waals surface area contributed by atoms with Gasteiger partial charge in [-0.1, -0.05) is 0 Å². The summed E-state index contributed by atoms with van der Waals surface area (Å²) < 4.78 is 2.08. The van der Waals surface area contributed by atoms with Crippen LogP contribution in [0, 0.1) is 31.6 Å². The van der Waals surface area contributed by atoms with E-state index < -0.39 is 0 Å². The van der Waals surface area contributed by atoms with Crippen LogP contribution in [0.25, 0.3) is 4.96 Å². The molecule has 4 fully saturated rings. The molecular weight excluding hydrogens is 410 g/mol. The average Bonchev–Trinajstić information content (AvgIpc) is 3.16. The zero-order valence-electron chi connectivity index (χ0n) is 18.7. The van der Waals surface area contributed by atoms with E-state index in [0.29, 0.717) is 19.5 Å². The van der Waals surface area contributed by atoms with Crippen LogP contribution in [-0.2, 0) is 11.3 Å². The summed E-state index contributed by atoms with van der Waals surface area (Å²) in [6, 6.07) is -0.112. The van der Waals surface area contributed by atoms with Crippen LogP contribution in [0.5, 0.6) is 0 Å². The Morgan fingerprint density at radius 2 is 1.84 bits per heavy atom. The third-order valence-corrected chi connectivity index (χ3v) is 8.49. The highest BCUT2D eigenvalue weighted by molar-refractivity contribution is 7.17. The monoisotopic (exact) mass is 443 g/mol. The Kier molecular flexibility index (Phi) is 5.23. The molecule has 2 heterocycles. The topological polar surface area (TPSA) is 78.7 Å². The molecule has 8 heteroatoms. The number of fused-ring (bicyclic) bond motifs is 1. The minimum atomic E-state index is -0.112. The van der Waals surface area contributed by atoms with Crippen molar-refractivity contribution < 1.29 is 9.59 Å². The predicted molar refractivity (Wildman–Crippen MR) is 121 cm³/mol. The van der Waals surface area contributed by atoms with E-state index in [2.05, 4.69) is 33.1 Å². The van der Waals surface area contributed by atoms with Crippen LogP contribution < -0.4 is 10.6 Å². The summed E-state index contributed by atoms with van der Waals surface area (Å²) in [7, 11) is 1.82. The average molecular weight is 444 g/mol. The van der Waals surface area contributed by atoms with Crippen LogP contribution in [0.3, 0.4) is 0 Å². The molecule has 0 saturated heterocycles. The van der Waals surface area contributed by atoms with Gasteiger partial charge in [0.15, 0.2) is 4.96 Å². The van der Waals surface area contributed by atoms with Gasteiger partial charge < -0.3 is 15.5 Å². The van der Waals surface area contributed by atoms with E-state index in [1.54, 1.807) is 16.2 Å². The van der Waals surface area contributed by atoms with Crippen molar-refractivity contribution in [1.82, 2.24) is 24.9 Å². The minimum Gasteiger partial charge on any atom is -0.340 e. The van der Waals surface area contributed by atoms with Crippen molar-refractivity contribution in [3.05, 3.63) is 22.5 Å². The summed E-state index contributed by atoms with van der Waals surface area (Å²) in [6.45, 7) is 4.92. The third-order valence-electron chi connectivity index (χ3n) is 7.60. The lowest BCUT2D eigenvalue weighted by Gasteiger charge is -2.56. The van der Waals surface area contributed by atoms with Crippen LogP contribution in [-0.4, -0.2) is 45.4 Å². The number of aromatic nitrogens is 2. The molecule has 4 aliphatic carbocycles. The van der Waals surface area contributed by atoms with E-state index in [1.807, 2.05) is 14.0 Å². The Labute approximate surface area is 187 Å². The van der Waals surface area contributed by atoms with Crippen molar-refractivity contribution in [2.45, 2.75) is 70.9 Å². The number of nitrogens with one attached hydrogen (secondary N) is 2. The number of carbonyl (C=O) groups excluding carboxylic acids is 2. The van der Waals surface area contributed by atoms with Gasteiger partial charge in [0.1, 0.15) is 0 Å². The first-order chi connectivity index (χ1) is 14.8. The summed E-state index contributed by atoms with van der Waals surface area (Å²) in [5.74, 6) is 2.42. The Morgan fingerprint density at radius 1 is 1.19 bits per heavy atom. The molecule has 168 valence electrons. The number of hydrogen-bond donors (Lipinski definition) is 2. The van der Waals surface area contributed by atoms with Crippen LogP contribution >= 0.6 is 11.3 Å². The van der Waals surface area contributed by atoms with Gasteiger partial charge in [-0.2, -0.15) is 0 Å². The van der Waals surface area contributed by atoms with Crippen molar-refractivity contribution in [3.63, 3.8) is 0 Å². The molecule has 0 atom stereocenters. The first kappa shape index (κ1) is 20.8. The zero-order chi connectivity index (χ0) is 21.8. The molecule has 0 spiro atoms. The first-order valence-electron chi connectivity index (χ1n) is 11.5. The van der Waals surface area contributed by atoms with Crippen LogP contribution in [0.2, 0.25) is 0 Å². The van der Waals surface area contributed by atoms with Crippen LogP contribution in [0.1, 0.15) is 61.2 Å². The number of thiazole rings is 1. The van der Waals surface area contributed by atoms with Gasteiger partial charge in [0.05, 0.1) is 17.9 Å². The number of amides is 3. The number of imidazole rings is 1. The minimum absolute atomic E-state index is 0.00318. The van der Waals surface area contributed by atoms with Crippen molar-refractivity contribution >= 4 is 28.2 Å². The Morgan fingerprint density at radius 3 is 2.48 bits per heavy atom. The standard InChI is InChI=1S/C23H33N5O2S/c1-14-12-28-19(15(2)25-22(28)31-14)13-27(3)20(29)4-5-24-21(30)26-23-9-16-6-17(10-23)8-18(7-16)11-23/h12,16-18H,4-11,13H2,1-3H3,(H2,24,26,30). The van der Waals surface area contributed by atoms with E-state index in [0.717, 1.165) is 53.4 Å². The number of rotatable bonds is 6. The largest absolute Gasteiger partial charge is 0.340 e. The second kappa shape index (κ2) is 7.80. The van der Waals surface area contributed by atoms with Gasteiger partial charge in [0, 0.05) is 36.6 Å². The molecule has 0 aromatic carbocycles. The fourth-order valence-corrected chi connectivity index (χ4v) is 7.52. The number of aryl methyl sites for hydroxylation is 2. The lowest BCUT2D eigenvalue weighted by molar-refractivity contribution is -0.130. The highest BCUT2D eigenvalue weighted by atomic mass is 32.1. The van der Waals surface area contributed by atoms with E-state index in [9.17, 15) is 9.59 Å². The van der Waals surface area contributed by atoms with Gasteiger partial charge in [-0.25, -0.2) is 9.78 Å². The number of urea groups is 1. The van der Waals surface area contributed by atoms with Gasteiger partial charge in [-0.15, -0.1) is 11.3 Å². The van der Waals surface area contributed by atoms with Gasteiger partial charge in [-0.05, 0) is 70.1 Å². The molecule has 2 aromatic heterocycles. The maximum atomic E-state index is 12.6. The molecule has 2 aromatic rings. The molecule has 2 N–H and O–H groups in total. The Bertz CT molecular complexity index is 974. The molecule has 0 radical (unpaired) electrons. The fraction of sp³-hybridized carbons (Fsp3) is 0.696. The van der Waals surface area contributed by atoms with E-state index in [-0.39, 0.29) is 17.5 Å². The van der Waals surface area contributed by atoms with Crippen molar-refractivity contribution in [3.8, 4) is 0 Å². The molecule has 4 bridgehead atoms. The maximum Gasteiger partial charge on any atom is 0.315 e. The lowest BCUT2D eigenvalue weighted by Crippen LogP contribution is -2.61.